The maximum Gasteiger partial charge on any atom is 0.280 e. The fourth-order valence-electron chi connectivity index (χ4n) is 4.17. The number of ketones is 1. The first-order valence-electron chi connectivity index (χ1n) is 11.4. The van der Waals surface area contributed by atoms with E-state index in [4.69, 9.17) is 10.5 Å². The summed E-state index contributed by atoms with van der Waals surface area (Å²) in [6.07, 6.45) is -4.85. The van der Waals surface area contributed by atoms with Crippen molar-refractivity contribution in [2.24, 2.45) is 0 Å². The number of aromatic amines is 1. The molecule has 11 nitrogen and oxygen atoms in total. The van der Waals surface area contributed by atoms with Crippen molar-refractivity contribution >= 4 is 22.9 Å². The molecular formula is C26H23N5O6. The van der Waals surface area contributed by atoms with Crippen molar-refractivity contribution in [3.8, 4) is 11.8 Å². The van der Waals surface area contributed by atoms with E-state index in [-0.39, 0.29) is 35.1 Å². The number of nitrogens with zero attached hydrogens (tertiary/aromatic N) is 3. The lowest BCUT2D eigenvalue weighted by molar-refractivity contribution is -0.0514. The summed E-state index contributed by atoms with van der Waals surface area (Å²) in [5.74, 6) is 5.67. The second kappa shape index (κ2) is 9.96. The molecule has 6 N–H and O–H groups in total. The number of nitrogen functional groups attached to an aromatic ring is 1. The number of carbonyl (C=O) groups is 1. The zero-order valence-electron chi connectivity index (χ0n) is 19.4. The van der Waals surface area contributed by atoms with E-state index >= 15 is 0 Å². The third kappa shape index (κ3) is 4.74. The Labute approximate surface area is 210 Å². The fourth-order valence-corrected chi connectivity index (χ4v) is 4.17. The van der Waals surface area contributed by atoms with E-state index in [0.717, 1.165) is 5.56 Å². The quantitative estimate of drug-likeness (QED) is 0.188. The average Bonchev–Trinajstić information content (AvgIpc) is 3.40. The Morgan fingerprint density at radius 1 is 1.05 bits per heavy atom. The maximum absolute atomic E-state index is 12.5. The van der Waals surface area contributed by atoms with Crippen LogP contribution in [-0.4, -0.2) is 65.5 Å². The van der Waals surface area contributed by atoms with Gasteiger partial charge < -0.3 is 25.8 Å². The van der Waals surface area contributed by atoms with E-state index < -0.39 is 36.7 Å². The molecule has 2 aromatic carbocycles. The Bertz CT molecular complexity index is 1570. The maximum atomic E-state index is 12.5. The molecule has 4 atom stereocenters. The summed E-state index contributed by atoms with van der Waals surface area (Å²) in [6, 6.07) is 16.1. The number of rotatable bonds is 5. The number of aliphatic hydroxyl groups excluding tert-OH is 3. The van der Waals surface area contributed by atoms with Crippen LogP contribution in [0.3, 0.4) is 0 Å². The van der Waals surface area contributed by atoms with Crippen LogP contribution in [0.5, 0.6) is 0 Å². The van der Waals surface area contributed by atoms with Crippen LogP contribution in [0.25, 0.3) is 11.2 Å². The molecular weight excluding hydrogens is 478 g/mol. The predicted octanol–water partition coefficient (Wildman–Crippen LogP) is 0.138. The second-order valence-corrected chi connectivity index (χ2v) is 8.57. The van der Waals surface area contributed by atoms with E-state index in [0.29, 0.717) is 11.1 Å². The normalized spacial score (nSPS) is 21.1. The summed E-state index contributed by atoms with van der Waals surface area (Å²) in [7, 11) is 0. The molecule has 1 fully saturated rings. The highest BCUT2D eigenvalue weighted by Crippen LogP contribution is 2.32. The summed E-state index contributed by atoms with van der Waals surface area (Å²) >= 11 is 0. The Kier molecular flexibility index (Phi) is 6.56. The summed E-state index contributed by atoms with van der Waals surface area (Å²) < 4.78 is 6.91. The Balaban J connectivity index is 1.47. The third-order valence-electron chi connectivity index (χ3n) is 6.07. The molecule has 2 aromatic heterocycles. The highest BCUT2D eigenvalue weighted by atomic mass is 16.6. The number of nitrogens with two attached hydrogens (primary N) is 1. The molecule has 1 aliphatic heterocycles. The number of aliphatic hydroxyl groups is 3. The number of benzene rings is 2. The first-order valence-corrected chi connectivity index (χ1v) is 11.4. The number of imidazole rings is 1. The third-order valence-corrected chi connectivity index (χ3v) is 6.07. The number of ether oxygens (including phenoxy) is 1. The van der Waals surface area contributed by atoms with Crippen molar-refractivity contribution in [3.63, 3.8) is 0 Å². The first kappa shape index (κ1) is 24.4. The van der Waals surface area contributed by atoms with Crippen LogP contribution < -0.4 is 11.3 Å². The Morgan fingerprint density at radius 2 is 1.78 bits per heavy atom. The molecule has 188 valence electrons. The number of aromatic nitrogens is 4. The number of nitrogens with one attached hydrogen (secondary N) is 1. The van der Waals surface area contributed by atoms with Gasteiger partial charge in [-0.1, -0.05) is 48.4 Å². The van der Waals surface area contributed by atoms with Crippen LogP contribution in [0.2, 0.25) is 0 Å². The van der Waals surface area contributed by atoms with Gasteiger partial charge in [-0.05, 0) is 23.6 Å². The molecule has 0 saturated carbocycles. The van der Waals surface area contributed by atoms with Gasteiger partial charge in [-0.2, -0.15) is 4.98 Å². The lowest BCUT2D eigenvalue weighted by Gasteiger charge is -2.17. The van der Waals surface area contributed by atoms with Gasteiger partial charge in [0.1, 0.15) is 18.3 Å². The van der Waals surface area contributed by atoms with E-state index in [2.05, 4.69) is 26.8 Å². The number of anilines is 1. The van der Waals surface area contributed by atoms with Gasteiger partial charge in [0.15, 0.2) is 29.0 Å². The van der Waals surface area contributed by atoms with Gasteiger partial charge in [-0.25, -0.2) is 4.98 Å². The molecule has 0 unspecified atom stereocenters. The number of hydrogen-bond donors (Lipinski definition) is 5. The van der Waals surface area contributed by atoms with Crippen LogP contribution in [0, 0.1) is 11.8 Å². The summed E-state index contributed by atoms with van der Waals surface area (Å²) in [5, 5.41) is 30.3. The van der Waals surface area contributed by atoms with Crippen molar-refractivity contribution in [1.82, 2.24) is 19.5 Å². The zero-order valence-corrected chi connectivity index (χ0v) is 19.4. The van der Waals surface area contributed by atoms with Crippen molar-refractivity contribution in [1.29, 1.82) is 0 Å². The molecule has 0 aliphatic carbocycles. The summed E-state index contributed by atoms with van der Waals surface area (Å²) in [5.41, 5.74) is 7.10. The van der Waals surface area contributed by atoms with Crippen LogP contribution in [0.4, 0.5) is 5.95 Å². The van der Waals surface area contributed by atoms with Crippen molar-refractivity contribution < 1.29 is 24.9 Å². The summed E-state index contributed by atoms with van der Waals surface area (Å²) in [6.45, 7) is -0.530. The fraction of sp³-hybridized carbons (Fsp3) is 0.231. The predicted molar refractivity (Wildman–Crippen MR) is 132 cm³/mol. The number of H-pyrrole nitrogens is 1. The molecule has 4 aromatic rings. The van der Waals surface area contributed by atoms with Crippen LogP contribution in [-0.2, 0) is 11.2 Å². The van der Waals surface area contributed by atoms with Crippen molar-refractivity contribution in [2.45, 2.75) is 31.0 Å². The van der Waals surface area contributed by atoms with Crippen LogP contribution in [0.1, 0.15) is 33.5 Å². The first-order chi connectivity index (χ1) is 17.9. The molecule has 0 radical (unpaired) electrons. The molecule has 37 heavy (non-hydrogen) atoms. The molecule has 1 aliphatic rings. The highest BCUT2D eigenvalue weighted by Gasteiger charge is 2.45. The number of carbonyl (C=O) groups excluding carboxylic acids is 1. The average molecular weight is 501 g/mol. The van der Waals surface area contributed by atoms with Crippen molar-refractivity contribution in [2.75, 3.05) is 12.3 Å². The van der Waals surface area contributed by atoms with E-state index in [1.54, 1.807) is 36.4 Å². The molecule has 3 heterocycles. The topological polar surface area (TPSA) is 177 Å². The van der Waals surface area contributed by atoms with Gasteiger partial charge in [-0.3, -0.25) is 19.1 Å². The van der Waals surface area contributed by atoms with E-state index in [1.165, 1.54) is 4.57 Å². The Hall–Kier alpha value is -4.34. The standard InChI is InChI=1S/C26H23N5O6/c27-26-29-23-20(24(36)30-26)28-19(31(23)25-22(35)21(34)18(13-32)37-25)11-10-14-6-8-15(9-7-14)12-17(33)16-4-2-1-3-5-16/h1-9,18,21-22,25,32,34-35H,12-13H2,(H3,27,29,30,36)/t18-,21-,22-,25-/m1/s1. The van der Waals surface area contributed by atoms with Gasteiger partial charge >= 0.3 is 0 Å². The minimum absolute atomic E-state index is 0.00337. The lowest BCUT2D eigenvalue weighted by atomic mass is 10.0. The SMILES string of the molecule is Nc1nc2c(nc(C#Cc3ccc(CC(=O)c4ccccc4)cc3)n2[C@@H]2O[C@H](CO)[C@@H](O)[C@H]2O)c(=O)[nH]1. The summed E-state index contributed by atoms with van der Waals surface area (Å²) in [4.78, 5) is 35.6. The van der Waals surface area contributed by atoms with Crippen LogP contribution >= 0.6 is 0 Å². The van der Waals surface area contributed by atoms with Gasteiger partial charge in [0, 0.05) is 17.5 Å². The van der Waals surface area contributed by atoms with Gasteiger partial charge in [0.05, 0.1) is 6.61 Å². The molecule has 11 heteroatoms. The van der Waals surface area contributed by atoms with Crippen LogP contribution in [0.15, 0.2) is 59.4 Å². The smallest absolute Gasteiger partial charge is 0.280 e. The van der Waals surface area contributed by atoms with Gasteiger partial charge in [0.25, 0.3) is 5.56 Å². The molecule has 5 rings (SSSR count). The van der Waals surface area contributed by atoms with Crippen molar-refractivity contribution in [3.05, 3.63) is 87.5 Å². The monoisotopic (exact) mass is 501 g/mol. The number of Topliss-reactive ketones (excluding diaryl/α,β-unsaturated/α-hetero) is 1. The van der Waals surface area contributed by atoms with E-state index in [9.17, 15) is 24.9 Å². The lowest BCUT2D eigenvalue weighted by Crippen LogP contribution is -2.33. The van der Waals surface area contributed by atoms with E-state index in [1.807, 2.05) is 18.2 Å². The zero-order chi connectivity index (χ0) is 26.1. The second-order valence-electron chi connectivity index (χ2n) is 8.57. The molecule has 0 amide bonds. The Morgan fingerprint density at radius 3 is 2.46 bits per heavy atom. The number of hydrogen-bond acceptors (Lipinski definition) is 9. The number of fused-ring (bicyclic) bond motifs is 1. The van der Waals surface area contributed by atoms with Gasteiger partial charge in [-0.15, -0.1) is 0 Å². The molecule has 1 saturated heterocycles. The molecule has 0 spiro atoms. The minimum Gasteiger partial charge on any atom is -0.394 e. The largest absolute Gasteiger partial charge is 0.394 e. The highest BCUT2D eigenvalue weighted by molar-refractivity contribution is 5.97. The minimum atomic E-state index is -1.45. The van der Waals surface area contributed by atoms with Gasteiger partial charge in [0.2, 0.25) is 5.95 Å². The molecule has 0 bridgehead atoms.